The largest absolute Gasteiger partial charge is 0.373 e. The highest BCUT2D eigenvalue weighted by Crippen LogP contribution is 2.22. The molecule has 0 aliphatic rings. The van der Waals surface area contributed by atoms with Gasteiger partial charge in [-0.1, -0.05) is 6.07 Å². The Morgan fingerprint density at radius 3 is 2.80 bits per heavy atom. The molecule has 2 N–H and O–H groups in total. The minimum atomic E-state index is 0.535. The Labute approximate surface area is 116 Å². The molecule has 0 atom stereocenters. The first-order valence-corrected chi connectivity index (χ1v) is 6.26. The van der Waals surface area contributed by atoms with Crippen LogP contribution in [0.5, 0.6) is 0 Å². The minimum Gasteiger partial charge on any atom is -0.373 e. The lowest BCUT2D eigenvalue weighted by molar-refractivity contribution is 0.665. The van der Waals surface area contributed by atoms with Gasteiger partial charge in [-0.2, -0.15) is 20.0 Å². The van der Waals surface area contributed by atoms with Gasteiger partial charge >= 0.3 is 0 Å². The van der Waals surface area contributed by atoms with E-state index in [4.69, 9.17) is 0 Å². The molecule has 2 aromatic heterocycles. The van der Waals surface area contributed by atoms with Gasteiger partial charge in [0.25, 0.3) is 0 Å². The number of aromatic nitrogens is 5. The summed E-state index contributed by atoms with van der Waals surface area (Å²) >= 11 is 0. The Bertz CT molecular complexity index is 763. The van der Waals surface area contributed by atoms with Crippen molar-refractivity contribution in [2.75, 3.05) is 17.7 Å². The van der Waals surface area contributed by atoms with Crippen molar-refractivity contribution >= 4 is 28.5 Å². The van der Waals surface area contributed by atoms with Crippen molar-refractivity contribution in [2.45, 2.75) is 6.92 Å². The molecular formula is C13H15N7. The Kier molecular flexibility index (Phi) is 2.94. The number of nitrogens with one attached hydrogen (secondary N) is 2. The molecule has 0 bridgehead atoms. The second kappa shape index (κ2) is 4.76. The fourth-order valence-corrected chi connectivity index (χ4v) is 2.01. The zero-order valence-electron chi connectivity index (χ0n) is 11.5. The third kappa shape index (κ3) is 2.25. The molecule has 0 aliphatic carbocycles. The average Bonchev–Trinajstić information content (AvgIpc) is 2.79. The van der Waals surface area contributed by atoms with Crippen LogP contribution in [0.2, 0.25) is 0 Å². The molecule has 1 aromatic carbocycles. The lowest BCUT2D eigenvalue weighted by Crippen LogP contribution is -2.02. The van der Waals surface area contributed by atoms with Gasteiger partial charge in [-0.15, -0.1) is 0 Å². The van der Waals surface area contributed by atoms with Crippen LogP contribution in [0.15, 0.2) is 24.3 Å². The van der Waals surface area contributed by atoms with Crippen LogP contribution < -0.4 is 10.6 Å². The lowest BCUT2D eigenvalue weighted by atomic mass is 10.2. The molecule has 0 aliphatic heterocycles. The SMILES string of the molecule is CNc1cc(C)nc(Nc2cccc3nn(C)nc23)n1. The third-order valence-electron chi connectivity index (χ3n) is 2.87. The van der Waals surface area contributed by atoms with Gasteiger partial charge < -0.3 is 10.6 Å². The van der Waals surface area contributed by atoms with Crippen molar-refractivity contribution in [3.8, 4) is 0 Å². The Morgan fingerprint density at radius 1 is 1.15 bits per heavy atom. The summed E-state index contributed by atoms with van der Waals surface area (Å²) in [5.74, 6) is 1.30. The molecule has 2 heterocycles. The molecule has 20 heavy (non-hydrogen) atoms. The molecule has 0 radical (unpaired) electrons. The number of hydrogen-bond donors (Lipinski definition) is 2. The quantitative estimate of drug-likeness (QED) is 0.755. The maximum absolute atomic E-state index is 4.37. The predicted molar refractivity (Wildman–Crippen MR) is 78.1 cm³/mol. The number of aryl methyl sites for hydroxylation is 2. The highest BCUT2D eigenvalue weighted by molar-refractivity contribution is 5.88. The van der Waals surface area contributed by atoms with E-state index in [0.29, 0.717) is 5.95 Å². The van der Waals surface area contributed by atoms with E-state index in [1.165, 1.54) is 0 Å². The summed E-state index contributed by atoms with van der Waals surface area (Å²) < 4.78 is 0. The highest BCUT2D eigenvalue weighted by atomic mass is 15.5. The Morgan fingerprint density at radius 2 is 2.00 bits per heavy atom. The van der Waals surface area contributed by atoms with E-state index in [2.05, 4.69) is 30.8 Å². The molecule has 3 rings (SSSR count). The Hall–Kier alpha value is -2.70. The van der Waals surface area contributed by atoms with E-state index in [1.807, 2.05) is 38.2 Å². The second-order valence-electron chi connectivity index (χ2n) is 4.46. The second-order valence-corrected chi connectivity index (χ2v) is 4.46. The molecular weight excluding hydrogens is 254 g/mol. The topological polar surface area (TPSA) is 80.5 Å². The molecule has 102 valence electrons. The number of fused-ring (bicyclic) bond motifs is 1. The van der Waals surface area contributed by atoms with Crippen molar-refractivity contribution < 1.29 is 0 Å². The van der Waals surface area contributed by atoms with E-state index < -0.39 is 0 Å². The van der Waals surface area contributed by atoms with Crippen LogP contribution in [0.1, 0.15) is 5.69 Å². The average molecular weight is 269 g/mol. The summed E-state index contributed by atoms with van der Waals surface area (Å²) in [5.41, 5.74) is 3.35. The number of anilines is 3. The van der Waals surface area contributed by atoms with Crippen molar-refractivity contribution in [3.05, 3.63) is 30.0 Å². The molecule has 7 nitrogen and oxygen atoms in total. The van der Waals surface area contributed by atoms with Gasteiger partial charge in [-0.05, 0) is 19.1 Å². The van der Waals surface area contributed by atoms with Crippen LogP contribution in [0.4, 0.5) is 17.5 Å². The van der Waals surface area contributed by atoms with Gasteiger partial charge in [0.1, 0.15) is 16.9 Å². The van der Waals surface area contributed by atoms with Gasteiger partial charge in [0.15, 0.2) is 0 Å². The van der Waals surface area contributed by atoms with Crippen molar-refractivity contribution in [2.24, 2.45) is 7.05 Å². The minimum absolute atomic E-state index is 0.535. The van der Waals surface area contributed by atoms with Gasteiger partial charge in [0.2, 0.25) is 5.95 Å². The van der Waals surface area contributed by atoms with Crippen LogP contribution in [0.3, 0.4) is 0 Å². The van der Waals surface area contributed by atoms with Gasteiger partial charge in [-0.25, -0.2) is 4.98 Å². The van der Waals surface area contributed by atoms with Gasteiger partial charge in [-0.3, -0.25) is 0 Å². The molecule has 0 fully saturated rings. The smallest absolute Gasteiger partial charge is 0.229 e. The predicted octanol–water partition coefficient (Wildman–Crippen LogP) is 1.85. The zero-order valence-corrected chi connectivity index (χ0v) is 11.5. The van der Waals surface area contributed by atoms with E-state index in [-0.39, 0.29) is 0 Å². The molecule has 0 spiro atoms. The first kappa shape index (κ1) is 12.3. The summed E-state index contributed by atoms with van der Waals surface area (Å²) in [5, 5.41) is 14.8. The van der Waals surface area contributed by atoms with E-state index in [1.54, 1.807) is 11.8 Å². The van der Waals surface area contributed by atoms with E-state index in [9.17, 15) is 0 Å². The first-order chi connectivity index (χ1) is 9.65. The summed E-state index contributed by atoms with van der Waals surface area (Å²) in [6.07, 6.45) is 0. The summed E-state index contributed by atoms with van der Waals surface area (Å²) in [6.45, 7) is 1.93. The summed E-state index contributed by atoms with van der Waals surface area (Å²) in [6, 6.07) is 7.66. The maximum Gasteiger partial charge on any atom is 0.229 e. The van der Waals surface area contributed by atoms with Crippen molar-refractivity contribution in [3.63, 3.8) is 0 Å². The van der Waals surface area contributed by atoms with Crippen molar-refractivity contribution in [1.82, 2.24) is 25.0 Å². The fourth-order valence-electron chi connectivity index (χ4n) is 2.01. The number of nitrogens with zero attached hydrogens (tertiary/aromatic N) is 5. The molecule has 3 aromatic rings. The molecule has 0 unspecified atom stereocenters. The maximum atomic E-state index is 4.37. The molecule has 0 saturated carbocycles. The number of hydrogen-bond acceptors (Lipinski definition) is 6. The van der Waals surface area contributed by atoms with Crippen LogP contribution in [0, 0.1) is 6.92 Å². The monoisotopic (exact) mass is 269 g/mol. The number of benzene rings is 1. The standard InChI is InChI=1S/C13H15N7/c1-8-7-11(14-2)17-13(15-8)16-9-5-4-6-10-12(9)19-20(3)18-10/h4-7H,1-3H3,(H2,14,15,16,17). The third-order valence-corrected chi connectivity index (χ3v) is 2.87. The zero-order chi connectivity index (χ0) is 14.1. The lowest BCUT2D eigenvalue weighted by Gasteiger charge is -2.07. The van der Waals surface area contributed by atoms with Crippen molar-refractivity contribution in [1.29, 1.82) is 0 Å². The summed E-state index contributed by atoms with van der Waals surface area (Å²) in [7, 11) is 3.63. The first-order valence-electron chi connectivity index (χ1n) is 6.26. The van der Waals surface area contributed by atoms with Crippen LogP contribution in [0.25, 0.3) is 11.0 Å². The van der Waals surface area contributed by atoms with Crippen LogP contribution in [-0.2, 0) is 7.05 Å². The molecule has 0 amide bonds. The fraction of sp³-hybridized carbons (Fsp3) is 0.231. The molecule has 7 heteroatoms. The van der Waals surface area contributed by atoms with Crippen LogP contribution in [-0.4, -0.2) is 32.0 Å². The summed E-state index contributed by atoms with van der Waals surface area (Å²) in [4.78, 5) is 10.3. The van der Waals surface area contributed by atoms with E-state index in [0.717, 1.165) is 28.2 Å². The molecule has 0 saturated heterocycles. The van der Waals surface area contributed by atoms with Gasteiger partial charge in [0.05, 0.1) is 5.69 Å². The van der Waals surface area contributed by atoms with Crippen LogP contribution >= 0.6 is 0 Å². The number of rotatable bonds is 3. The van der Waals surface area contributed by atoms with E-state index >= 15 is 0 Å². The normalized spacial score (nSPS) is 10.8. The Balaban J connectivity index is 2.02. The highest BCUT2D eigenvalue weighted by Gasteiger charge is 2.08. The van der Waals surface area contributed by atoms with Gasteiger partial charge in [0, 0.05) is 25.9 Å².